The number of carbonyl (C=O) groups is 1. The highest BCUT2D eigenvalue weighted by Gasteiger charge is 2.34. The average molecular weight is 294 g/mol. The average Bonchev–Trinajstić information content (AvgIpc) is 2.91. The minimum absolute atomic E-state index is 0.0163. The normalized spacial score (nSPS) is 34.6. The molecule has 0 radical (unpaired) electrons. The van der Waals surface area contributed by atoms with Gasteiger partial charge in [-0.2, -0.15) is 0 Å². The molecule has 2 rings (SSSR count). The number of alkyl halides is 1. The van der Waals surface area contributed by atoms with Crippen LogP contribution in [-0.4, -0.2) is 38.3 Å². The van der Waals surface area contributed by atoms with Gasteiger partial charge in [-0.25, -0.2) is 8.42 Å². The van der Waals surface area contributed by atoms with E-state index in [9.17, 15) is 13.2 Å². The Morgan fingerprint density at radius 2 is 1.94 bits per heavy atom. The predicted molar refractivity (Wildman–Crippen MR) is 71.3 cm³/mol. The number of amides is 1. The van der Waals surface area contributed by atoms with Gasteiger partial charge < -0.3 is 5.32 Å². The maximum Gasteiger partial charge on any atom is 0.224 e. The summed E-state index contributed by atoms with van der Waals surface area (Å²) in [6.07, 6.45) is 3.90. The molecule has 18 heavy (non-hydrogen) atoms. The lowest BCUT2D eigenvalue weighted by Gasteiger charge is -2.18. The number of carbonyl (C=O) groups excluding carboxylic acids is 1. The smallest absolute Gasteiger partial charge is 0.224 e. The molecule has 2 fully saturated rings. The Morgan fingerprint density at radius 1 is 1.22 bits per heavy atom. The first-order valence-electron chi connectivity index (χ1n) is 6.56. The Morgan fingerprint density at radius 3 is 2.56 bits per heavy atom. The van der Waals surface area contributed by atoms with E-state index in [1.54, 1.807) is 0 Å². The summed E-state index contributed by atoms with van der Waals surface area (Å²) in [4.78, 5) is 11.9. The second kappa shape index (κ2) is 5.78. The highest BCUT2D eigenvalue weighted by Crippen LogP contribution is 2.32. The number of nitrogens with one attached hydrogen (secondary N) is 1. The van der Waals surface area contributed by atoms with Gasteiger partial charge >= 0.3 is 0 Å². The Labute approximate surface area is 113 Å². The Balaban J connectivity index is 1.78. The minimum Gasteiger partial charge on any atom is -0.356 e. The summed E-state index contributed by atoms with van der Waals surface area (Å²) in [6.45, 7) is 0.646. The molecule has 1 aliphatic carbocycles. The van der Waals surface area contributed by atoms with Crippen LogP contribution in [0, 0.1) is 17.8 Å². The van der Waals surface area contributed by atoms with Crippen molar-refractivity contribution in [1.29, 1.82) is 0 Å². The number of halogens is 1. The predicted octanol–water partition coefficient (Wildman–Crippen LogP) is 1.19. The third-order valence-electron chi connectivity index (χ3n) is 4.16. The summed E-state index contributed by atoms with van der Waals surface area (Å²) in [6, 6.07) is 0. The topological polar surface area (TPSA) is 63.2 Å². The van der Waals surface area contributed by atoms with Crippen LogP contribution >= 0.6 is 11.6 Å². The van der Waals surface area contributed by atoms with Gasteiger partial charge in [0.1, 0.15) is 0 Å². The number of rotatable bonds is 4. The van der Waals surface area contributed by atoms with E-state index < -0.39 is 9.84 Å². The molecule has 0 aromatic carbocycles. The highest BCUT2D eigenvalue weighted by atomic mass is 35.5. The van der Waals surface area contributed by atoms with E-state index in [1.165, 1.54) is 6.42 Å². The molecule has 0 aromatic heterocycles. The van der Waals surface area contributed by atoms with Crippen molar-refractivity contribution in [2.75, 3.05) is 23.9 Å². The Bertz CT molecular complexity index is 410. The zero-order chi connectivity index (χ0) is 13.2. The monoisotopic (exact) mass is 293 g/mol. The lowest BCUT2D eigenvalue weighted by Crippen LogP contribution is -2.36. The van der Waals surface area contributed by atoms with Crippen LogP contribution in [0.3, 0.4) is 0 Å². The molecule has 3 atom stereocenters. The van der Waals surface area contributed by atoms with Crippen molar-refractivity contribution < 1.29 is 13.2 Å². The first-order chi connectivity index (χ1) is 8.52. The zero-order valence-electron chi connectivity index (χ0n) is 10.4. The van der Waals surface area contributed by atoms with Crippen LogP contribution in [0.2, 0.25) is 0 Å². The van der Waals surface area contributed by atoms with Gasteiger partial charge in [0.25, 0.3) is 0 Å². The van der Waals surface area contributed by atoms with Crippen molar-refractivity contribution in [3.05, 3.63) is 0 Å². The van der Waals surface area contributed by atoms with Crippen LogP contribution in [-0.2, 0) is 14.6 Å². The molecule has 0 bridgehead atoms. The minimum atomic E-state index is -2.98. The van der Waals surface area contributed by atoms with E-state index >= 15 is 0 Å². The summed E-state index contributed by atoms with van der Waals surface area (Å²) in [5.74, 6) is 1.34. The first-order valence-corrected chi connectivity index (χ1v) is 8.91. The fourth-order valence-electron chi connectivity index (χ4n) is 2.96. The highest BCUT2D eigenvalue weighted by molar-refractivity contribution is 7.91. The lowest BCUT2D eigenvalue weighted by molar-refractivity contribution is -0.124. The molecule has 0 aromatic rings. The summed E-state index contributed by atoms with van der Waals surface area (Å²) in [5, 5.41) is 2.91. The third kappa shape index (κ3) is 3.38. The van der Waals surface area contributed by atoms with E-state index in [-0.39, 0.29) is 23.3 Å². The molecule has 1 heterocycles. The molecule has 104 valence electrons. The molecule has 4 nitrogen and oxygen atoms in total. The second-order valence-electron chi connectivity index (χ2n) is 5.45. The van der Waals surface area contributed by atoms with Crippen LogP contribution in [0.15, 0.2) is 0 Å². The molecule has 3 unspecified atom stereocenters. The molecular formula is C12H20ClNO3S. The van der Waals surface area contributed by atoms with E-state index in [1.807, 2.05) is 0 Å². The van der Waals surface area contributed by atoms with Crippen molar-refractivity contribution in [3.63, 3.8) is 0 Å². The van der Waals surface area contributed by atoms with Gasteiger partial charge in [0, 0.05) is 12.4 Å². The van der Waals surface area contributed by atoms with Gasteiger partial charge in [0.05, 0.1) is 17.4 Å². The number of hydrogen-bond acceptors (Lipinski definition) is 3. The molecule has 1 saturated carbocycles. The number of sulfone groups is 1. The number of hydrogen-bond donors (Lipinski definition) is 1. The molecule has 2 aliphatic rings. The van der Waals surface area contributed by atoms with E-state index in [0.29, 0.717) is 30.7 Å². The molecule has 1 amide bonds. The Kier molecular flexibility index (Phi) is 4.54. The van der Waals surface area contributed by atoms with E-state index in [2.05, 4.69) is 5.32 Å². The van der Waals surface area contributed by atoms with Gasteiger partial charge in [-0.15, -0.1) is 11.6 Å². The quantitative estimate of drug-likeness (QED) is 0.792. The third-order valence-corrected chi connectivity index (χ3v) is 6.32. The Hall–Kier alpha value is -0.290. The molecular weight excluding hydrogens is 274 g/mol. The molecule has 6 heteroatoms. The maximum atomic E-state index is 11.9. The van der Waals surface area contributed by atoms with Crippen molar-refractivity contribution in [2.45, 2.75) is 25.7 Å². The first kappa shape index (κ1) is 14.1. The summed E-state index contributed by atoms with van der Waals surface area (Å²) >= 11 is 5.89. The lowest BCUT2D eigenvalue weighted by atomic mass is 9.97. The second-order valence-corrected chi connectivity index (χ2v) is 7.99. The SMILES string of the molecule is O=C(NCC1CCCC1CCl)C1CCS(=O)(=O)C1. The standard InChI is InChI=1S/C12H20ClNO3S/c13-6-9-2-1-3-10(9)7-14-12(15)11-4-5-18(16,17)8-11/h9-11H,1-8H2,(H,14,15). The van der Waals surface area contributed by atoms with Crippen molar-refractivity contribution in [2.24, 2.45) is 17.8 Å². The van der Waals surface area contributed by atoms with Gasteiger partial charge in [-0.05, 0) is 31.1 Å². The van der Waals surface area contributed by atoms with Crippen LogP contribution in [0.25, 0.3) is 0 Å². The fourth-order valence-corrected chi connectivity index (χ4v) is 5.11. The van der Waals surface area contributed by atoms with Gasteiger partial charge in [-0.3, -0.25) is 4.79 Å². The molecule has 1 N–H and O–H groups in total. The van der Waals surface area contributed by atoms with Gasteiger partial charge in [-0.1, -0.05) is 6.42 Å². The van der Waals surface area contributed by atoms with E-state index in [4.69, 9.17) is 11.6 Å². The van der Waals surface area contributed by atoms with Crippen LogP contribution in [0.4, 0.5) is 0 Å². The largest absolute Gasteiger partial charge is 0.356 e. The van der Waals surface area contributed by atoms with Gasteiger partial charge in [0.2, 0.25) is 5.91 Å². The van der Waals surface area contributed by atoms with Crippen LogP contribution in [0.1, 0.15) is 25.7 Å². The molecule has 0 spiro atoms. The van der Waals surface area contributed by atoms with Gasteiger partial charge in [0.15, 0.2) is 9.84 Å². The van der Waals surface area contributed by atoms with Crippen LogP contribution in [0.5, 0.6) is 0 Å². The fraction of sp³-hybridized carbons (Fsp3) is 0.917. The van der Waals surface area contributed by atoms with Crippen molar-refractivity contribution in [1.82, 2.24) is 5.32 Å². The summed E-state index contributed by atoms with van der Waals surface area (Å²) in [5.41, 5.74) is 0. The molecule has 1 saturated heterocycles. The zero-order valence-corrected chi connectivity index (χ0v) is 12.0. The molecule has 1 aliphatic heterocycles. The van der Waals surface area contributed by atoms with Crippen LogP contribution < -0.4 is 5.32 Å². The maximum absolute atomic E-state index is 11.9. The van der Waals surface area contributed by atoms with Crippen molar-refractivity contribution in [3.8, 4) is 0 Å². The van der Waals surface area contributed by atoms with Crippen molar-refractivity contribution >= 4 is 27.3 Å². The van der Waals surface area contributed by atoms with E-state index in [0.717, 1.165) is 12.8 Å². The summed E-state index contributed by atoms with van der Waals surface area (Å²) < 4.78 is 22.6. The summed E-state index contributed by atoms with van der Waals surface area (Å²) in [7, 11) is -2.98.